The monoisotopic (exact) mass is 247 g/mol. The molecule has 0 fully saturated rings. The van der Waals surface area contributed by atoms with Gasteiger partial charge in [0.1, 0.15) is 0 Å². The van der Waals surface area contributed by atoms with Crippen LogP contribution in [0, 0.1) is 0 Å². The van der Waals surface area contributed by atoms with Crippen molar-refractivity contribution >= 4 is 11.3 Å². The van der Waals surface area contributed by atoms with Crippen LogP contribution in [0.4, 0.5) is 0 Å². The predicted molar refractivity (Wildman–Crippen MR) is 73.2 cm³/mol. The smallest absolute Gasteiger partial charge is 0.0502 e. The van der Waals surface area contributed by atoms with Gasteiger partial charge in [0.05, 0.1) is 6.61 Å². The molecule has 0 aliphatic heterocycles. The highest BCUT2D eigenvalue weighted by atomic mass is 32.1. The van der Waals surface area contributed by atoms with Gasteiger partial charge in [0.25, 0.3) is 0 Å². The first-order valence-electron chi connectivity index (χ1n) is 5.71. The molecule has 0 amide bonds. The van der Waals surface area contributed by atoms with Gasteiger partial charge in [-0.3, -0.25) is 0 Å². The molecule has 3 heteroatoms. The van der Waals surface area contributed by atoms with E-state index in [1.54, 1.807) is 18.4 Å². The quantitative estimate of drug-likeness (QED) is 0.881. The van der Waals surface area contributed by atoms with Crippen molar-refractivity contribution in [1.82, 2.24) is 0 Å². The van der Waals surface area contributed by atoms with E-state index in [1.165, 1.54) is 20.9 Å². The summed E-state index contributed by atoms with van der Waals surface area (Å²) in [6.07, 6.45) is 0.947. The lowest BCUT2D eigenvalue weighted by atomic mass is 10.0. The average molecular weight is 247 g/mol. The molecular formula is C14H17NOS. The molecular weight excluding hydrogens is 230 g/mol. The normalized spacial score (nSPS) is 10.7. The molecule has 0 spiro atoms. The van der Waals surface area contributed by atoms with Gasteiger partial charge in [-0.25, -0.2) is 0 Å². The maximum Gasteiger partial charge on any atom is 0.0502 e. The highest BCUT2D eigenvalue weighted by Crippen LogP contribution is 2.30. The molecule has 0 saturated heterocycles. The Labute approximate surface area is 106 Å². The Bertz CT molecular complexity index is 479. The fraction of sp³-hybridized carbons (Fsp3) is 0.286. The molecule has 2 N–H and O–H groups in total. The average Bonchev–Trinajstić information content (AvgIpc) is 2.85. The number of thiophene rings is 1. The lowest BCUT2D eigenvalue weighted by Gasteiger charge is -2.07. The number of hydrogen-bond donors (Lipinski definition) is 1. The van der Waals surface area contributed by atoms with E-state index in [2.05, 4.69) is 36.4 Å². The van der Waals surface area contributed by atoms with Crippen molar-refractivity contribution in [3.8, 4) is 10.4 Å². The van der Waals surface area contributed by atoms with Crippen molar-refractivity contribution in [2.24, 2.45) is 5.73 Å². The third-order valence-corrected chi connectivity index (χ3v) is 3.86. The Morgan fingerprint density at radius 3 is 2.71 bits per heavy atom. The molecule has 17 heavy (non-hydrogen) atoms. The third-order valence-electron chi connectivity index (χ3n) is 2.72. The number of ether oxygens (including phenoxy) is 1. The fourth-order valence-corrected chi connectivity index (χ4v) is 2.77. The number of methoxy groups -OCH3 is 1. The van der Waals surface area contributed by atoms with Gasteiger partial charge in [-0.15, -0.1) is 11.3 Å². The summed E-state index contributed by atoms with van der Waals surface area (Å²) in [5, 5.41) is 0. The van der Waals surface area contributed by atoms with E-state index in [9.17, 15) is 0 Å². The zero-order valence-corrected chi connectivity index (χ0v) is 10.8. The summed E-state index contributed by atoms with van der Waals surface area (Å²) >= 11 is 1.77. The zero-order chi connectivity index (χ0) is 12.1. The molecule has 0 aliphatic carbocycles. The molecule has 0 radical (unpaired) electrons. The van der Waals surface area contributed by atoms with Crippen molar-refractivity contribution < 1.29 is 4.74 Å². The maximum atomic E-state index is 5.65. The van der Waals surface area contributed by atoms with Crippen LogP contribution in [0.15, 0.2) is 36.4 Å². The first-order valence-corrected chi connectivity index (χ1v) is 6.53. The Hall–Kier alpha value is -1.16. The molecule has 90 valence electrons. The van der Waals surface area contributed by atoms with Gasteiger partial charge in [-0.05, 0) is 29.7 Å². The highest BCUT2D eigenvalue weighted by Gasteiger charge is 2.06. The van der Waals surface area contributed by atoms with Crippen LogP contribution in [-0.2, 0) is 17.7 Å². The van der Waals surface area contributed by atoms with Gasteiger partial charge in [0.2, 0.25) is 0 Å². The van der Waals surface area contributed by atoms with Gasteiger partial charge in [-0.2, -0.15) is 0 Å². The van der Waals surface area contributed by atoms with Crippen LogP contribution in [0.25, 0.3) is 10.4 Å². The summed E-state index contributed by atoms with van der Waals surface area (Å²) < 4.78 is 5.15. The molecule has 0 bridgehead atoms. The van der Waals surface area contributed by atoms with Crippen LogP contribution < -0.4 is 5.73 Å². The van der Waals surface area contributed by atoms with E-state index in [-0.39, 0.29) is 0 Å². The lowest BCUT2D eigenvalue weighted by Crippen LogP contribution is -1.96. The number of nitrogens with two attached hydrogens (primary N) is 1. The first kappa shape index (κ1) is 12.3. The van der Waals surface area contributed by atoms with E-state index in [1.807, 2.05) is 0 Å². The van der Waals surface area contributed by atoms with E-state index in [0.717, 1.165) is 13.0 Å². The number of rotatable bonds is 5. The van der Waals surface area contributed by atoms with Crippen LogP contribution in [-0.4, -0.2) is 13.7 Å². The zero-order valence-electron chi connectivity index (χ0n) is 9.98. The maximum absolute atomic E-state index is 5.65. The Kier molecular flexibility index (Phi) is 4.31. The Morgan fingerprint density at radius 1 is 1.18 bits per heavy atom. The molecule has 0 atom stereocenters. The molecule has 0 aliphatic rings. The Balaban J connectivity index is 2.30. The summed E-state index contributed by atoms with van der Waals surface area (Å²) in [6.45, 7) is 1.37. The lowest BCUT2D eigenvalue weighted by molar-refractivity contribution is 0.202. The van der Waals surface area contributed by atoms with E-state index < -0.39 is 0 Å². The van der Waals surface area contributed by atoms with Gasteiger partial charge in [0, 0.05) is 23.4 Å². The molecule has 0 unspecified atom stereocenters. The molecule has 1 aromatic carbocycles. The van der Waals surface area contributed by atoms with Crippen LogP contribution in [0.5, 0.6) is 0 Å². The number of hydrogen-bond acceptors (Lipinski definition) is 3. The van der Waals surface area contributed by atoms with Crippen molar-refractivity contribution in [2.45, 2.75) is 13.0 Å². The standard InChI is InChI=1S/C14H17NOS/c1-16-9-8-11-4-2-3-5-13(11)14-7-6-12(10-15)17-14/h2-7H,8-10,15H2,1H3. The Morgan fingerprint density at radius 2 is 2.00 bits per heavy atom. The minimum atomic E-state index is 0.616. The predicted octanol–water partition coefficient (Wildman–Crippen LogP) is 3.06. The number of benzene rings is 1. The summed E-state index contributed by atoms with van der Waals surface area (Å²) in [5.74, 6) is 0. The molecule has 2 nitrogen and oxygen atoms in total. The van der Waals surface area contributed by atoms with Crippen LogP contribution in [0.3, 0.4) is 0 Å². The van der Waals surface area contributed by atoms with Crippen molar-refractivity contribution in [2.75, 3.05) is 13.7 Å². The molecule has 1 heterocycles. The van der Waals surface area contributed by atoms with Gasteiger partial charge >= 0.3 is 0 Å². The fourth-order valence-electron chi connectivity index (χ4n) is 1.82. The molecule has 1 aromatic heterocycles. The molecule has 0 saturated carbocycles. The van der Waals surface area contributed by atoms with E-state index in [4.69, 9.17) is 10.5 Å². The minimum Gasteiger partial charge on any atom is -0.384 e. The highest BCUT2D eigenvalue weighted by molar-refractivity contribution is 7.15. The van der Waals surface area contributed by atoms with Crippen LogP contribution in [0.2, 0.25) is 0 Å². The van der Waals surface area contributed by atoms with Crippen LogP contribution >= 0.6 is 11.3 Å². The largest absolute Gasteiger partial charge is 0.384 e. The second kappa shape index (κ2) is 5.96. The SMILES string of the molecule is COCCc1ccccc1-c1ccc(CN)s1. The third kappa shape index (κ3) is 2.94. The van der Waals surface area contributed by atoms with E-state index in [0.29, 0.717) is 6.54 Å². The summed E-state index contributed by atoms with van der Waals surface area (Å²) in [6, 6.07) is 12.7. The molecule has 2 aromatic rings. The summed E-state index contributed by atoms with van der Waals surface area (Å²) in [4.78, 5) is 2.51. The first-order chi connectivity index (χ1) is 8.35. The van der Waals surface area contributed by atoms with Crippen molar-refractivity contribution in [3.05, 3.63) is 46.8 Å². The minimum absolute atomic E-state index is 0.616. The van der Waals surface area contributed by atoms with Gasteiger partial charge in [-0.1, -0.05) is 24.3 Å². The van der Waals surface area contributed by atoms with Gasteiger partial charge < -0.3 is 10.5 Å². The second-order valence-electron chi connectivity index (χ2n) is 3.87. The van der Waals surface area contributed by atoms with E-state index >= 15 is 0 Å². The van der Waals surface area contributed by atoms with Crippen LogP contribution in [0.1, 0.15) is 10.4 Å². The summed E-state index contributed by atoms with van der Waals surface area (Å²) in [7, 11) is 1.74. The topological polar surface area (TPSA) is 35.2 Å². The second-order valence-corrected chi connectivity index (χ2v) is 5.04. The van der Waals surface area contributed by atoms with Gasteiger partial charge in [0.15, 0.2) is 0 Å². The molecule has 2 rings (SSSR count). The van der Waals surface area contributed by atoms with Crippen molar-refractivity contribution in [3.63, 3.8) is 0 Å². The summed E-state index contributed by atoms with van der Waals surface area (Å²) in [5.41, 5.74) is 8.28. The van der Waals surface area contributed by atoms with Crippen molar-refractivity contribution in [1.29, 1.82) is 0 Å².